The van der Waals surface area contributed by atoms with E-state index in [0.29, 0.717) is 12.1 Å². The highest BCUT2D eigenvalue weighted by Crippen LogP contribution is 2.37. The van der Waals surface area contributed by atoms with E-state index >= 15 is 0 Å². The van der Waals surface area contributed by atoms with Crippen molar-refractivity contribution in [2.45, 2.75) is 43.4 Å². The highest BCUT2D eigenvalue weighted by atomic mass is 16.5. The second kappa shape index (κ2) is 4.26. The molecule has 2 aliphatic heterocycles. The smallest absolute Gasteiger partial charge is 0.0731 e. The number of hydrogen-bond acceptors (Lipinski definition) is 4. The van der Waals surface area contributed by atoms with Crippen LogP contribution < -0.4 is 5.73 Å². The number of hydrogen-bond donors (Lipinski definition) is 1. The summed E-state index contributed by atoms with van der Waals surface area (Å²) in [5.74, 6) is 0. The summed E-state index contributed by atoms with van der Waals surface area (Å²) in [6.45, 7) is 4.29. The Morgan fingerprint density at radius 3 is 3.00 bits per heavy atom. The summed E-state index contributed by atoms with van der Waals surface area (Å²) in [5.41, 5.74) is 6.13. The maximum absolute atomic E-state index is 6.02. The molecule has 3 unspecified atom stereocenters. The first kappa shape index (κ1) is 11.0. The Bertz CT molecular complexity index is 253. The first-order valence-corrected chi connectivity index (χ1v) is 6.52. The lowest BCUT2D eigenvalue weighted by Gasteiger charge is -2.47. The van der Waals surface area contributed by atoms with Crippen molar-refractivity contribution < 1.29 is 9.47 Å². The second-order valence-corrected chi connectivity index (χ2v) is 5.33. The molecular formula is C12H22N2O2. The number of ether oxygens (including phenoxy) is 2. The van der Waals surface area contributed by atoms with Crippen LogP contribution in [0.1, 0.15) is 25.7 Å². The third kappa shape index (κ3) is 1.59. The Morgan fingerprint density at radius 1 is 1.31 bits per heavy atom. The van der Waals surface area contributed by atoms with Gasteiger partial charge in [0.05, 0.1) is 24.9 Å². The van der Waals surface area contributed by atoms with E-state index in [-0.39, 0.29) is 5.54 Å². The summed E-state index contributed by atoms with van der Waals surface area (Å²) in [5, 5.41) is 0. The van der Waals surface area contributed by atoms with Gasteiger partial charge in [-0.2, -0.15) is 0 Å². The van der Waals surface area contributed by atoms with Crippen LogP contribution in [0.5, 0.6) is 0 Å². The molecule has 2 N–H and O–H groups in total. The topological polar surface area (TPSA) is 47.7 Å². The number of nitrogens with zero attached hydrogens (tertiary/aromatic N) is 1. The minimum absolute atomic E-state index is 0.108. The third-order valence-corrected chi connectivity index (χ3v) is 4.55. The molecule has 0 bridgehead atoms. The van der Waals surface area contributed by atoms with E-state index in [2.05, 4.69) is 4.90 Å². The summed E-state index contributed by atoms with van der Waals surface area (Å²) in [6, 6.07) is 0.596. The Labute approximate surface area is 97.1 Å². The van der Waals surface area contributed by atoms with Crippen molar-refractivity contribution in [2.75, 3.05) is 32.9 Å². The monoisotopic (exact) mass is 226 g/mol. The maximum atomic E-state index is 6.02. The molecule has 2 saturated heterocycles. The van der Waals surface area contributed by atoms with E-state index in [0.717, 1.165) is 39.3 Å². The van der Waals surface area contributed by atoms with Crippen molar-refractivity contribution in [1.82, 2.24) is 4.90 Å². The van der Waals surface area contributed by atoms with Gasteiger partial charge in [0.1, 0.15) is 0 Å². The molecule has 0 aromatic heterocycles. The van der Waals surface area contributed by atoms with Crippen LogP contribution >= 0.6 is 0 Å². The highest BCUT2D eigenvalue weighted by molar-refractivity contribution is 5.02. The minimum Gasteiger partial charge on any atom is -0.379 e. The Hall–Kier alpha value is -0.160. The first-order valence-electron chi connectivity index (χ1n) is 6.52. The Morgan fingerprint density at radius 2 is 2.25 bits per heavy atom. The second-order valence-electron chi connectivity index (χ2n) is 5.33. The summed E-state index contributed by atoms with van der Waals surface area (Å²) in [7, 11) is 0. The largest absolute Gasteiger partial charge is 0.379 e. The molecule has 3 rings (SSSR count). The average molecular weight is 226 g/mol. The lowest BCUT2D eigenvalue weighted by Crippen LogP contribution is -2.63. The van der Waals surface area contributed by atoms with E-state index in [1.807, 2.05) is 0 Å². The van der Waals surface area contributed by atoms with Gasteiger partial charge >= 0.3 is 0 Å². The number of morpholine rings is 1. The lowest BCUT2D eigenvalue weighted by molar-refractivity contribution is -0.0980. The predicted octanol–water partition coefficient (Wildman–Crippen LogP) is 0.357. The zero-order valence-corrected chi connectivity index (χ0v) is 9.86. The molecule has 92 valence electrons. The van der Waals surface area contributed by atoms with E-state index in [9.17, 15) is 0 Å². The molecular weight excluding hydrogens is 204 g/mol. The van der Waals surface area contributed by atoms with Crippen LogP contribution in [-0.2, 0) is 9.47 Å². The Kier molecular flexibility index (Phi) is 2.92. The van der Waals surface area contributed by atoms with Crippen LogP contribution in [0.3, 0.4) is 0 Å². The third-order valence-electron chi connectivity index (χ3n) is 4.55. The van der Waals surface area contributed by atoms with Crippen LogP contribution in [0.4, 0.5) is 0 Å². The summed E-state index contributed by atoms with van der Waals surface area (Å²) in [6.07, 6.45) is 5.34. The van der Waals surface area contributed by atoms with Gasteiger partial charge in [0, 0.05) is 25.7 Å². The molecule has 2 heterocycles. The van der Waals surface area contributed by atoms with Crippen LogP contribution in [-0.4, -0.2) is 55.5 Å². The molecule has 4 nitrogen and oxygen atoms in total. The summed E-state index contributed by atoms with van der Waals surface area (Å²) in [4.78, 5) is 2.61. The van der Waals surface area contributed by atoms with E-state index < -0.39 is 0 Å². The maximum Gasteiger partial charge on any atom is 0.0731 e. The van der Waals surface area contributed by atoms with Crippen molar-refractivity contribution in [3.8, 4) is 0 Å². The average Bonchev–Trinajstić information content (AvgIpc) is 2.98. The van der Waals surface area contributed by atoms with Crippen LogP contribution in [0.25, 0.3) is 0 Å². The van der Waals surface area contributed by atoms with Gasteiger partial charge in [-0.15, -0.1) is 0 Å². The van der Waals surface area contributed by atoms with Gasteiger partial charge in [-0.25, -0.2) is 0 Å². The van der Waals surface area contributed by atoms with Gasteiger partial charge in [-0.1, -0.05) is 0 Å². The fourth-order valence-electron chi connectivity index (χ4n) is 3.62. The zero-order chi connectivity index (χ0) is 11.0. The predicted molar refractivity (Wildman–Crippen MR) is 61.3 cm³/mol. The molecule has 1 aliphatic carbocycles. The van der Waals surface area contributed by atoms with Crippen molar-refractivity contribution in [3.63, 3.8) is 0 Å². The molecule has 4 heteroatoms. The molecule has 3 aliphatic rings. The van der Waals surface area contributed by atoms with E-state index in [4.69, 9.17) is 15.2 Å². The van der Waals surface area contributed by atoms with Gasteiger partial charge in [0.15, 0.2) is 0 Å². The van der Waals surface area contributed by atoms with E-state index in [1.54, 1.807) is 0 Å². The highest BCUT2D eigenvalue weighted by Gasteiger charge is 2.47. The fourth-order valence-corrected chi connectivity index (χ4v) is 3.62. The molecule has 0 amide bonds. The number of nitrogens with two attached hydrogens (primary N) is 1. The SMILES string of the molecule is NCC1(N2CCOC3CCCC32)CCOC1. The van der Waals surface area contributed by atoms with Gasteiger partial charge in [0.25, 0.3) is 0 Å². The van der Waals surface area contributed by atoms with Crippen molar-refractivity contribution in [1.29, 1.82) is 0 Å². The van der Waals surface area contributed by atoms with E-state index in [1.165, 1.54) is 19.3 Å². The zero-order valence-electron chi connectivity index (χ0n) is 9.86. The van der Waals surface area contributed by atoms with Gasteiger partial charge < -0.3 is 15.2 Å². The Balaban J connectivity index is 1.81. The van der Waals surface area contributed by atoms with Crippen molar-refractivity contribution in [2.24, 2.45) is 5.73 Å². The normalized spacial score (nSPS) is 44.8. The van der Waals surface area contributed by atoms with Crippen LogP contribution in [0.2, 0.25) is 0 Å². The molecule has 16 heavy (non-hydrogen) atoms. The van der Waals surface area contributed by atoms with Crippen LogP contribution in [0.15, 0.2) is 0 Å². The summed E-state index contributed by atoms with van der Waals surface area (Å²) >= 11 is 0. The molecule has 0 aromatic rings. The van der Waals surface area contributed by atoms with Crippen molar-refractivity contribution >= 4 is 0 Å². The molecule has 0 spiro atoms. The standard InChI is InChI=1S/C12H22N2O2/c13-8-12(4-6-15-9-12)14-5-7-16-11-3-1-2-10(11)14/h10-11H,1-9,13H2. The molecule has 0 radical (unpaired) electrons. The van der Waals surface area contributed by atoms with Gasteiger partial charge in [0.2, 0.25) is 0 Å². The number of rotatable bonds is 2. The van der Waals surface area contributed by atoms with Gasteiger partial charge in [-0.05, 0) is 25.7 Å². The fraction of sp³-hybridized carbons (Fsp3) is 1.00. The lowest BCUT2D eigenvalue weighted by atomic mass is 9.92. The number of fused-ring (bicyclic) bond motifs is 1. The first-order chi connectivity index (χ1) is 7.86. The molecule has 1 saturated carbocycles. The molecule has 0 aromatic carbocycles. The minimum atomic E-state index is 0.108. The van der Waals surface area contributed by atoms with Crippen LogP contribution in [0, 0.1) is 0 Å². The molecule has 3 fully saturated rings. The van der Waals surface area contributed by atoms with Crippen molar-refractivity contribution in [3.05, 3.63) is 0 Å². The quantitative estimate of drug-likeness (QED) is 0.738. The van der Waals surface area contributed by atoms with Gasteiger partial charge in [-0.3, -0.25) is 4.90 Å². The summed E-state index contributed by atoms with van der Waals surface area (Å²) < 4.78 is 11.4. The molecule has 3 atom stereocenters.